The summed E-state index contributed by atoms with van der Waals surface area (Å²) >= 11 is 0. The van der Waals surface area contributed by atoms with Gasteiger partial charge in [-0.15, -0.1) is 0 Å². The van der Waals surface area contributed by atoms with Crippen LogP contribution in [0.1, 0.15) is 6.92 Å². The van der Waals surface area contributed by atoms with Gasteiger partial charge in [0.2, 0.25) is 11.8 Å². The Kier molecular flexibility index (Phi) is 7.13. The highest BCUT2D eigenvalue weighted by Gasteiger charge is 2.16. The van der Waals surface area contributed by atoms with E-state index in [1.807, 2.05) is 18.9 Å². The lowest BCUT2D eigenvalue weighted by atomic mass is 10.4. The Morgan fingerprint density at radius 3 is 2.00 bits per heavy atom. The average Bonchev–Trinajstić information content (AvgIpc) is 2.28. The lowest BCUT2D eigenvalue weighted by Gasteiger charge is -2.22. The van der Waals surface area contributed by atoms with Gasteiger partial charge in [0, 0.05) is 14.1 Å². The van der Waals surface area contributed by atoms with E-state index in [9.17, 15) is 14.4 Å². The molecule has 6 nitrogen and oxygen atoms in total. The molecule has 0 bridgehead atoms. The second kappa shape index (κ2) is 7.78. The van der Waals surface area contributed by atoms with E-state index in [1.54, 1.807) is 7.05 Å². The van der Waals surface area contributed by atoms with Crippen LogP contribution in [0.5, 0.6) is 0 Å². The van der Waals surface area contributed by atoms with E-state index in [4.69, 9.17) is 0 Å². The molecule has 0 aliphatic carbocycles. The average molecular weight is 243 g/mol. The van der Waals surface area contributed by atoms with Crippen molar-refractivity contribution in [2.45, 2.75) is 6.92 Å². The van der Waals surface area contributed by atoms with Crippen LogP contribution in [-0.2, 0) is 14.4 Å². The molecule has 0 N–H and O–H groups in total. The second-order valence-electron chi connectivity index (χ2n) is 4.02. The smallest absolute Gasteiger partial charge is 0.242 e. The number of hydrogen-bond donors (Lipinski definition) is 0. The summed E-state index contributed by atoms with van der Waals surface area (Å²) < 4.78 is 0. The molecule has 6 heteroatoms. The van der Waals surface area contributed by atoms with E-state index in [0.717, 1.165) is 6.54 Å². The number of carbonyl (C=O) groups is 3. The van der Waals surface area contributed by atoms with E-state index >= 15 is 0 Å². The van der Waals surface area contributed by atoms with Gasteiger partial charge in [0.05, 0.1) is 19.6 Å². The number of hydrogen-bond acceptors (Lipinski definition) is 4. The van der Waals surface area contributed by atoms with Gasteiger partial charge in [-0.05, 0) is 13.6 Å². The van der Waals surface area contributed by atoms with Gasteiger partial charge < -0.3 is 14.6 Å². The summed E-state index contributed by atoms with van der Waals surface area (Å²) in [5.41, 5.74) is 0. The highest BCUT2D eigenvalue weighted by atomic mass is 16.2. The van der Waals surface area contributed by atoms with Crippen molar-refractivity contribution in [2.24, 2.45) is 0 Å². The fraction of sp³-hybridized carbons (Fsp3) is 0.727. The number of amides is 2. The van der Waals surface area contributed by atoms with Gasteiger partial charge in [-0.25, -0.2) is 0 Å². The highest BCUT2D eigenvalue weighted by molar-refractivity contribution is 5.86. The van der Waals surface area contributed by atoms with Crippen molar-refractivity contribution in [1.82, 2.24) is 14.7 Å². The lowest BCUT2D eigenvalue weighted by molar-refractivity contribution is -0.139. The van der Waals surface area contributed by atoms with Gasteiger partial charge in [-0.2, -0.15) is 0 Å². The molecular weight excluding hydrogens is 222 g/mol. The summed E-state index contributed by atoms with van der Waals surface area (Å²) in [6.07, 6.45) is 0.657. The molecule has 0 fully saturated rings. The Labute approximate surface area is 102 Å². The van der Waals surface area contributed by atoms with Crippen LogP contribution >= 0.6 is 0 Å². The Hall–Kier alpha value is -1.43. The highest BCUT2D eigenvalue weighted by Crippen LogP contribution is 1.92. The first-order valence-electron chi connectivity index (χ1n) is 5.52. The molecule has 0 saturated carbocycles. The molecule has 0 saturated heterocycles. The SMILES string of the molecule is CCN(C)CC(=O)N(C)CC(=O)N(C)CC=O. The van der Waals surface area contributed by atoms with Crippen LogP contribution in [0.4, 0.5) is 0 Å². The first-order chi connectivity index (χ1) is 7.92. The molecule has 0 heterocycles. The first kappa shape index (κ1) is 15.6. The van der Waals surface area contributed by atoms with Gasteiger partial charge in [0.25, 0.3) is 0 Å². The van der Waals surface area contributed by atoms with Crippen molar-refractivity contribution in [3.05, 3.63) is 0 Å². The van der Waals surface area contributed by atoms with E-state index in [-0.39, 0.29) is 31.4 Å². The third-order valence-electron chi connectivity index (χ3n) is 2.52. The maximum absolute atomic E-state index is 11.7. The maximum Gasteiger partial charge on any atom is 0.242 e. The van der Waals surface area contributed by atoms with Gasteiger partial charge >= 0.3 is 0 Å². The third kappa shape index (κ3) is 6.01. The molecular formula is C11H21N3O3. The van der Waals surface area contributed by atoms with Gasteiger partial charge in [0.15, 0.2) is 0 Å². The normalized spacial score (nSPS) is 10.2. The fourth-order valence-corrected chi connectivity index (χ4v) is 1.09. The van der Waals surface area contributed by atoms with Crippen molar-refractivity contribution in [2.75, 3.05) is 47.3 Å². The van der Waals surface area contributed by atoms with Crippen LogP contribution in [0, 0.1) is 0 Å². The quantitative estimate of drug-likeness (QED) is 0.541. The van der Waals surface area contributed by atoms with Crippen molar-refractivity contribution in [1.29, 1.82) is 0 Å². The predicted octanol–water partition coefficient (Wildman–Crippen LogP) is -0.946. The van der Waals surface area contributed by atoms with Gasteiger partial charge in [0.1, 0.15) is 6.29 Å². The number of aldehydes is 1. The summed E-state index contributed by atoms with van der Waals surface area (Å²) in [5, 5.41) is 0. The molecule has 0 atom stereocenters. The summed E-state index contributed by atoms with van der Waals surface area (Å²) in [4.78, 5) is 38.0. The summed E-state index contributed by atoms with van der Waals surface area (Å²) in [6, 6.07) is 0. The Morgan fingerprint density at radius 1 is 1.00 bits per heavy atom. The molecule has 0 aromatic heterocycles. The monoisotopic (exact) mass is 243 g/mol. The molecule has 17 heavy (non-hydrogen) atoms. The van der Waals surface area contributed by atoms with E-state index in [0.29, 0.717) is 6.29 Å². The molecule has 0 aromatic carbocycles. The van der Waals surface area contributed by atoms with E-state index in [2.05, 4.69) is 0 Å². The third-order valence-corrected chi connectivity index (χ3v) is 2.52. The molecule has 0 aliphatic heterocycles. The van der Waals surface area contributed by atoms with Crippen LogP contribution in [0.25, 0.3) is 0 Å². The minimum absolute atomic E-state index is 0.000722. The van der Waals surface area contributed by atoms with Crippen LogP contribution in [-0.4, -0.2) is 80.1 Å². The fourth-order valence-electron chi connectivity index (χ4n) is 1.09. The second-order valence-corrected chi connectivity index (χ2v) is 4.02. The van der Waals surface area contributed by atoms with Crippen molar-refractivity contribution >= 4 is 18.1 Å². The largest absolute Gasteiger partial charge is 0.337 e. The Morgan fingerprint density at radius 2 is 1.53 bits per heavy atom. The van der Waals surface area contributed by atoms with Crippen molar-refractivity contribution in [3.63, 3.8) is 0 Å². The van der Waals surface area contributed by atoms with Crippen LogP contribution in [0.15, 0.2) is 0 Å². The van der Waals surface area contributed by atoms with Crippen molar-refractivity contribution < 1.29 is 14.4 Å². The zero-order chi connectivity index (χ0) is 13.4. The van der Waals surface area contributed by atoms with E-state index < -0.39 is 0 Å². The Balaban J connectivity index is 4.15. The topological polar surface area (TPSA) is 60.9 Å². The first-order valence-corrected chi connectivity index (χ1v) is 5.52. The van der Waals surface area contributed by atoms with Crippen LogP contribution < -0.4 is 0 Å². The summed E-state index contributed by atoms with van der Waals surface area (Å²) in [6.45, 7) is 3.07. The lowest BCUT2D eigenvalue weighted by Crippen LogP contribution is -2.43. The Bertz CT molecular complexity index is 281. The molecule has 0 aliphatic rings. The van der Waals surface area contributed by atoms with E-state index in [1.165, 1.54) is 16.8 Å². The molecule has 0 radical (unpaired) electrons. The van der Waals surface area contributed by atoms with Crippen molar-refractivity contribution in [3.8, 4) is 0 Å². The minimum atomic E-state index is -0.243. The number of carbonyl (C=O) groups excluding carboxylic acids is 3. The molecule has 2 amide bonds. The predicted molar refractivity (Wildman–Crippen MR) is 64.5 cm³/mol. The van der Waals surface area contributed by atoms with Crippen LogP contribution in [0.3, 0.4) is 0 Å². The summed E-state index contributed by atoms with van der Waals surface area (Å²) in [7, 11) is 4.96. The zero-order valence-electron chi connectivity index (χ0n) is 11.0. The molecule has 98 valence electrons. The number of likely N-dealkylation sites (N-methyl/N-ethyl adjacent to an activating group) is 3. The number of rotatable bonds is 7. The molecule has 0 rings (SSSR count). The zero-order valence-corrected chi connectivity index (χ0v) is 11.0. The summed E-state index contributed by atoms with van der Waals surface area (Å²) in [5.74, 6) is -0.352. The molecule has 0 unspecified atom stereocenters. The standard InChI is InChI=1S/C11H21N3O3/c1-5-12(2)8-10(16)14(4)9-11(17)13(3)6-7-15/h7H,5-6,8-9H2,1-4H3. The number of nitrogens with zero attached hydrogens (tertiary/aromatic N) is 3. The minimum Gasteiger partial charge on any atom is -0.337 e. The van der Waals surface area contributed by atoms with Crippen LogP contribution in [0.2, 0.25) is 0 Å². The van der Waals surface area contributed by atoms with Gasteiger partial charge in [-0.3, -0.25) is 14.5 Å². The molecule has 0 spiro atoms. The van der Waals surface area contributed by atoms with Gasteiger partial charge in [-0.1, -0.05) is 6.92 Å². The molecule has 0 aromatic rings. The maximum atomic E-state index is 11.7.